The molecule has 1 aromatic heterocycles. The molecule has 1 aliphatic heterocycles. The van der Waals surface area contributed by atoms with E-state index < -0.39 is 4.92 Å². The maximum Gasteiger partial charge on any atom is 0.270 e. The number of nitro groups is 1. The smallest absolute Gasteiger partial charge is 0.270 e. The summed E-state index contributed by atoms with van der Waals surface area (Å²) < 4.78 is 11.0. The molecule has 5 aliphatic rings. The van der Waals surface area contributed by atoms with E-state index in [1.165, 1.54) is 31.5 Å². The standard InChI is InChI=1S/C23H19N3O6/c1-31-18-6-2-11(26(29)30)8-17(18)19-7-3-12(32-19)10-24-25-22(27)20-13-4-5-14(16-9-15(13)16)21(20)23(25)28/h2-8,10,13-16,20-21H,9H2,1H3/b24-10-/t13-,14-,15-,16+,20+,21-/m1/s1. The van der Waals surface area contributed by atoms with Gasteiger partial charge >= 0.3 is 0 Å². The fraction of sp³-hybridized carbons (Fsp3) is 0.348. The quantitative estimate of drug-likeness (QED) is 0.235. The Bertz CT molecular complexity index is 1190. The number of hydrogen-bond acceptors (Lipinski definition) is 7. The Morgan fingerprint density at radius 2 is 1.81 bits per heavy atom. The first kappa shape index (κ1) is 19.0. The summed E-state index contributed by atoms with van der Waals surface area (Å²) in [5.41, 5.74) is 0.326. The molecular formula is C23H19N3O6. The van der Waals surface area contributed by atoms with Gasteiger partial charge in [-0.3, -0.25) is 19.7 Å². The molecule has 0 unspecified atom stereocenters. The molecule has 0 radical (unpaired) electrons. The number of carbonyl (C=O) groups is 2. The van der Waals surface area contributed by atoms with Gasteiger partial charge in [0.25, 0.3) is 17.5 Å². The third-order valence-electron chi connectivity index (χ3n) is 7.23. The highest BCUT2D eigenvalue weighted by molar-refractivity contribution is 6.06. The molecule has 2 amide bonds. The van der Waals surface area contributed by atoms with Crippen LogP contribution in [0.3, 0.4) is 0 Å². The van der Waals surface area contributed by atoms with Gasteiger partial charge in [0.1, 0.15) is 17.3 Å². The molecule has 1 aromatic carbocycles. The number of amides is 2. The topological polar surface area (TPSA) is 115 Å². The van der Waals surface area contributed by atoms with E-state index in [1.807, 2.05) is 0 Å². The predicted molar refractivity (Wildman–Crippen MR) is 111 cm³/mol. The summed E-state index contributed by atoms with van der Waals surface area (Å²) >= 11 is 0. The van der Waals surface area contributed by atoms with E-state index >= 15 is 0 Å². The molecule has 1 saturated heterocycles. The number of imide groups is 1. The SMILES string of the molecule is COc1ccc([N+](=O)[O-])cc1-c1ccc(/C=N\N2C(=O)[C@@H]3[C@@H]4C=C[C@H]([C@H]5C[C@@H]45)[C@@H]3C2=O)o1. The van der Waals surface area contributed by atoms with Crippen LogP contribution in [0.4, 0.5) is 5.69 Å². The predicted octanol–water partition coefficient (Wildman–Crippen LogP) is 3.25. The lowest BCUT2D eigenvalue weighted by Crippen LogP contribution is -2.40. The average molecular weight is 433 g/mol. The molecule has 7 rings (SSSR count). The third kappa shape index (κ3) is 2.60. The van der Waals surface area contributed by atoms with Crippen LogP contribution in [0, 0.1) is 45.6 Å². The Labute approximate surface area is 182 Å². The summed E-state index contributed by atoms with van der Waals surface area (Å²) in [5, 5.41) is 16.3. The van der Waals surface area contributed by atoms with Crippen LogP contribution in [0.25, 0.3) is 11.3 Å². The van der Waals surface area contributed by atoms with E-state index in [9.17, 15) is 19.7 Å². The Kier molecular flexibility index (Phi) is 3.93. The lowest BCUT2D eigenvalue weighted by atomic mass is 9.63. The fourth-order valence-corrected chi connectivity index (χ4v) is 5.74. The van der Waals surface area contributed by atoms with Gasteiger partial charge in [0.15, 0.2) is 0 Å². The van der Waals surface area contributed by atoms with E-state index in [0.29, 0.717) is 34.7 Å². The highest BCUT2D eigenvalue weighted by atomic mass is 16.6. The lowest BCUT2D eigenvalue weighted by molar-refractivity contribution is -0.384. The fourth-order valence-electron chi connectivity index (χ4n) is 5.74. The number of nitro benzene ring substituents is 1. The number of hydrazone groups is 1. The summed E-state index contributed by atoms with van der Waals surface area (Å²) in [7, 11) is 1.46. The van der Waals surface area contributed by atoms with Crippen molar-refractivity contribution in [1.29, 1.82) is 0 Å². The molecule has 9 heteroatoms. The van der Waals surface area contributed by atoms with Crippen molar-refractivity contribution in [3.63, 3.8) is 0 Å². The second kappa shape index (κ2) is 6.62. The molecule has 0 N–H and O–H groups in total. The summed E-state index contributed by atoms with van der Waals surface area (Å²) in [5.74, 6) is 1.33. The van der Waals surface area contributed by atoms with Crippen molar-refractivity contribution in [2.75, 3.05) is 7.11 Å². The van der Waals surface area contributed by atoms with Gasteiger partial charge in [0.2, 0.25) is 0 Å². The van der Waals surface area contributed by atoms with Crippen molar-refractivity contribution in [2.24, 2.45) is 40.6 Å². The van der Waals surface area contributed by atoms with Crippen LogP contribution in [0.2, 0.25) is 0 Å². The maximum atomic E-state index is 13.0. The Hall–Kier alpha value is -3.75. The van der Waals surface area contributed by atoms with Crippen molar-refractivity contribution >= 4 is 23.7 Å². The minimum absolute atomic E-state index is 0.0930. The number of methoxy groups -OCH3 is 1. The molecule has 0 spiro atoms. The molecule has 162 valence electrons. The largest absolute Gasteiger partial charge is 0.496 e. The first-order valence-electron chi connectivity index (χ1n) is 10.5. The van der Waals surface area contributed by atoms with Crippen molar-refractivity contribution in [1.82, 2.24) is 5.01 Å². The van der Waals surface area contributed by atoms with Crippen LogP contribution < -0.4 is 4.74 Å². The van der Waals surface area contributed by atoms with E-state index in [1.54, 1.807) is 12.1 Å². The zero-order chi connectivity index (χ0) is 22.1. The van der Waals surface area contributed by atoms with Crippen LogP contribution in [0.15, 0.2) is 52.0 Å². The first-order valence-corrected chi connectivity index (χ1v) is 10.5. The van der Waals surface area contributed by atoms with Gasteiger partial charge in [-0.1, -0.05) is 12.2 Å². The normalized spacial score (nSPS) is 31.8. The Morgan fingerprint density at radius 1 is 1.12 bits per heavy atom. The van der Waals surface area contributed by atoms with Gasteiger partial charge in [0.05, 0.1) is 35.6 Å². The highest BCUT2D eigenvalue weighted by Gasteiger charge is 2.67. The number of benzene rings is 1. The molecule has 4 aliphatic carbocycles. The van der Waals surface area contributed by atoms with Gasteiger partial charge in [0, 0.05) is 12.1 Å². The van der Waals surface area contributed by atoms with Crippen LogP contribution in [0.1, 0.15) is 12.2 Å². The zero-order valence-corrected chi connectivity index (χ0v) is 17.1. The molecule has 3 fully saturated rings. The first-order chi connectivity index (χ1) is 15.5. The van der Waals surface area contributed by atoms with Crippen LogP contribution >= 0.6 is 0 Å². The summed E-state index contributed by atoms with van der Waals surface area (Å²) in [4.78, 5) is 36.6. The molecule has 2 aromatic rings. The van der Waals surface area contributed by atoms with Crippen molar-refractivity contribution < 1.29 is 23.7 Å². The average Bonchev–Trinajstić information content (AvgIpc) is 3.44. The molecule has 2 saturated carbocycles. The number of allylic oxidation sites excluding steroid dienone is 2. The Morgan fingerprint density at radius 3 is 2.44 bits per heavy atom. The van der Waals surface area contributed by atoms with E-state index in [0.717, 1.165) is 11.4 Å². The molecule has 32 heavy (non-hydrogen) atoms. The number of furan rings is 1. The van der Waals surface area contributed by atoms with Gasteiger partial charge in [-0.25, -0.2) is 0 Å². The zero-order valence-electron chi connectivity index (χ0n) is 17.1. The highest BCUT2D eigenvalue weighted by Crippen LogP contribution is 2.65. The summed E-state index contributed by atoms with van der Waals surface area (Å²) in [6, 6.07) is 7.47. The second-order valence-electron chi connectivity index (χ2n) is 8.73. The van der Waals surface area contributed by atoms with E-state index in [2.05, 4.69) is 17.3 Å². The minimum atomic E-state index is -0.496. The molecular weight excluding hydrogens is 414 g/mol. The number of ether oxygens (including phenoxy) is 1. The van der Waals surface area contributed by atoms with Crippen molar-refractivity contribution in [2.45, 2.75) is 6.42 Å². The number of rotatable bonds is 5. The number of hydrogen-bond donors (Lipinski definition) is 0. The number of carbonyl (C=O) groups excluding carboxylic acids is 2. The van der Waals surface area contributed by atoms with Crippen molar-refractivity contribution in [3.05, 3.63) is 58.4 Å². The van der Waals surface area contributed by atoms with E-state index in [4.69, 9.17) is 9.15 Å². The maximum absolute atomic E-state index is 13.0. The van der Waals surface area contributed by atoms with Crippen molar-refractivity contribution in [3.8, 4) is 17.1 Å². The lowest BCUT2D eigenvalue weighted by Gasteiger charge is -2.37. The van der Waals surface area contributed by atoms with Crippen LogP contribution in [-0.2, 0) is 9.59 Å². The van der Waals surface area contributed by atoms with Crippen LogP contribution in [-0.4, -0.2) is 35.1 Å². The summed E-state index contributed by atoms with van der Waals surface area (Å²) in [6.45, 7) is 0. The number of non-ortho nitro benzene ring substituents is 1. The van der Waals surface area contributed by atoms with Crippen LogP contribution in [0.5, 0.6) is 5.75 Å². The van der Waals surface area contributed by atoms with Gasteiger partial charge < -0.3 is 9.15 Å². The van der Waals surface area contributed by atoms with E-state index in [-0.39, 0.29) is 41.2 Å². The monoisotopic (exact) mass is 433 g/mol. The van der Waals surface area contributed by atoms with Gasteiger partial charge in [-0.2, -0.15) is 10.1 Å². The van der Waals surface area contributed by atoms with Gasteiger partial charge in [-0.05, 0) is 48.3 Å². The molecule has 9 nitrogen and oxygen atoms in total. The Balaban J connectivity index is 1.26. The molecule has 2 heterocycles. The summed E-state index contributed by atoms with van der Waals surface area (Å²) in [6.07, 6.45) is 6.67. The molecule has 2 bridgehead atoms. The number of nitrogens with zero attached hydrogens (tertiary/aromatic N) is 3. The minimum Gasteiger partial charge on any atom is -0.496 e. The second-order valence-corrected chi connectivity index (χ2v) is 8.73. The third-order valence-corrected chi connectivity index (χ3v) is 7.23. The molecule has 6 atom stereocenters. The van der Waals surface area contributed by atoms with Gasteiger partial charge in [-0.15, -0.1) is 0 Å².